The molecule has 0 saturated carbocycles. The van der Waals surface area contributed by atoms with Crippen LogP contribution in [0.25, 0.3) is 0 Å². The topological polar surface area (TPSA) is 104 Å². The Labute approximate surface area is 114 Å². The minimum Gasteiger partial charge on any atom is -0.394 e. The Balaban J connectivity index is 2.15. The summed E-state index contributed by atoms with van der Waals surface area (Å²) in [6.45, 7) is -0.509. The molecule has 0 amide bonds. The number of aromatic nitrogens is 1. The molecule has 0 unspecified atom stereocenters. The fraction of sp³-hybridized carbons (Fsp3) is 0.545. The highest BCUT2D eigenvalue weighted by molar-refractivity contribution is 7.71. The molecule has 0 radical (unpaired) electrons. The standard InChI is InChI=1S/C11H15NO6S/c13-5-6-8(14)9(15)10(16)11(17-6)18-12-4-2-1-3-7(12)19/h1-4,6,8-11,13-16H,5H2/t6-,8+,9+,10-,11+/m1/s1. The number of aliphatic hydroxyl groups excluding tert-OH is 4. The fourth-order valence-corrected chi connectivity index (χ4v) is 1.95. The maximum absolute atomic E-state index is 9.78. The molecule has 19 heavy (non-hydrogen) atoms. The van der Waals surface area contributed by atoms with Crippen LogP contribution in [0.15, 0.2) is 24.4 Å². The quantitative estimate of drug-likeness (QED) is 0.499. The highest BCUT2D eigenvalue weighted by atomic mass is 32.1. The Kier molecular flexibility index (Phi) is 4.50. The van der Waals surface area contributed by atoms with E-state index in [1.54, 1.807) is 18.2 Å². The first-order valence-corrected chi connectivity index (χ1v) is 6.10. The van der Waals surface area contributed by atoms with Crippen molar-refractivity contribution in [2.45, 2.75) is 30.7 Å². The lowest BCUT2D eigenvalue weighted by atomic mass is 9.99. The summed E-state index contributed by atoms with van der Waals surface area (Å²) in [5.41, 5.74) is 0. The average Bonchev–Trinajstić information content (AvgIpc) is 2.41. The van der Waals surface area contributed by atoms with Gasteiger partial charge in [-0.2, -0.15) is 4.73 Å². The molecule has 2 rings (SSSR count). The van der Waals surface area contributed by atoms with Crippen LogP contribution in [0.1, 0.15) is 0 Å². The first kappa shape index (κ1) is 14.4. The minimum atomic E-state index is -1.48. The smallest absolute Gasteiger partial charge is 0.254 e. The second-order valence-electron chi connectivity index (χ2n) is 4.17. The SMILES string of the molecule is OC[C@H]1O[C@@H](On2ccccc2=S)[C@H](O)[C@@H](O)[C@H]1O. The van der Waals surface area contributed by atoms with Crippen molar-refractivity contribution >= 4 is 12.2 Å². The Bertz CT molecular complexity index is 478. The molecule has 5 atom stereocenters. The predicted octanol–water partition coefficient (Wildman–Crippen LogP) is -1.55. The molecule has 0 aliphatic carbocycles. The molecule has 0 bridgehead atoms. The molecule has 1 saturated heterocycles. The molecule has 8 heteroatoms. The van der Waals surface area contributed by atoms with Gasteiger partial charge in [-0.15, -0.1) is 0 Å². The molecule has 1 aromatic heterocycles. The van der Waals surface area contributed by atoms with Gasteiger partial charge in [-0.05, 0) is 12.1 Å². The van der Waals surface area contributed by atoms with E-state index >= 15 is 0 Å². The monoisotopic (exact) mass is 289 g/mol. The summed E-state index contributed by atoms with van der Waals surface area (Å²) in [6, 6.07) is 4.99. The van der Waals surface area contributed by atoms with Gasteiger partial charge in [0.25, 0.3) is 6.29 Å². The van der Waals surface area contributed by atoms with Crippen molar-refractivity contribution in [1.82, 2.24) is 4.73 Å². The van der Waals surface area contributed by atoms with Crippen molar-refractivity contribution < 1.29 is 30.0 Å². The van der Waals surface area contributed by atoms with Crippen molar-refractivity contribution in [2.75, 3.05) is 6.61 Å². The Morgan fingerprint density at radius 3 is 2.58 bits per heavy atom. The molecule has 7 nitrogen and oxygen atoms in total. The Hall–Kier alpha value is -1.03. The van der Waals surface area contributed by atoms with Crippen molar-refractivity contribution in [1.29, 1.82) is 0 Å². The van der Waals surface area contributed by atoms with Crippen LogP contribution in [0.5, 0.6) is 0 Å². The number of nitrogens with zero attached hydrogens (tertiary/aromatic N) is 1. The van der Waals surface area contributed by atoms with Crippen molar-refractivity contribution in [2.24, 2.45) is 0 Å². The number of aliphatic hydroxyl groups is 4. The van der Waals surface area contributed by atoms with E-state index in [4.69, 9.17) is 26.9 Å². The van der Waals surface area contributed by atoms with E-state index in [1.165, 1.54) is 10.9 Å². The van der Waals surface area contributed by atoms with Crippen LogP contribution in [0, 0.1) is 4.64 Å². The molecule has 0 spiro atoms. The van der Waals surface area contributed by atoms with E-state index in [0.717, 1.165) is 0 Å². The third-order valence-electron chi connectivity index (χ3n) is 2.85. The van der Waals surface area contributed by atoms with Gasteiger partial charge in [-0.1, -0.05) is 18.3 Å². The lowest BCUT2D eigenvalue weighted by Gasteiger charge is -2.39. The lowest BCUT2D eigenvalue weighted by molar-refractivity contribution is -0.300. The van der Waals surface area contributed by atoms with Crippen molar-refractivity contribution in [3.8, 4) is 0 Å². The van der Waals surface area contributed by atoms with Crippen LogP contribution >= 0.6 is 12.2 Å². The number of pyridine rings is 1. The Morgan fingerprint density at radius 1 is 1.21 bits per heavy atom. The van der Waals surface area contributed by atoms with Crippen molar-refractivity contribution in [3.05, 3.63) is 29.0 Å². The van der Waals surface area contributed by atoms with E-state index in [0.29, 0.717) is 4.64 Å². The second-order valence-corrected chi connectivity index (χ2v) is 4.59. The summed E-state index contributed by atoms with van der Waals surface area (Å²) < 4.78 is 6.73. The molecule has 1 aromatic rings. The third-order valence-corrected chi connectivity index (χ3v) is 3.17. The van der Waals surface area contributed by atoms with Gasteiger partial charge in [0.2, 0.25) is 0 Å². The molecule has 4 N–H and O–H groups in total. The van der Waals surface area contributed by atoms with Crippen LogP contribution in [0.3, 0.4) is 0 Å². The highest BCUT2D eigenvalue weighted by Crippen LogP contribution is 2.20. The zero-order valence-corrected chi connectivity index (χ0v) is 10.7. The van der Waals surface area contributed by atoms with Crippen LogP contribution < -0.4 is 4.84 Å². The molecule has 106 valence electrons. The second kappa shape index (κ2) is 5.95. The molecular weight excluding hydrogens is 274 g/mol. The molecular formula is C11H15NO6S. The van der Waals surface area contributed by atoms with E-state index in [9.17, 15) is 15.3 Å². The van der Waals surface area contributed by atoms with Crippen molar-refractivity contribution in [3.63, 3.8) is 0 Å². The maximum atomic E-state index is 9.78. The summed E-state index contributed by atoms with van der Waals surface area (Å²) in [5, 5.41) is 38.1. The summed E-state index contributed by atoms with van der Waals surface area (Å²) in [5.74, 6) is 0. The van der Waals surface area contributed by atoms with E-state index in [-0.39, 0.29) is 0 Å². The van der Waals surface area contributed by atoms with Gasteiger partial charge in [0.15, 0.2) is 0 Å². The zero-order chi connectivity index (χ0) is 14.0. The molecule has 1 aliphatic heterocycles. The first-order valence-electron chi connectivity index (χ1n) is 5.70. The summed E-state index contributed by atoms with van der Waals surface area (Å²) in [6.07, 6.45) is -5.09. The van der Waals surface area contributed by atoms with Gasteiger partial charge in [0.05, 0.1) is 6.61 Å². The zero-order valence-electron chi connectivity index (χ0n) is 9.86. The van der Waals surface area contributed by atoms with Gasteiger partial charge < -0.3 is 30.0 Å². The van der Waals surface area contributed by atoms with E-state index in [2.05, 4.69) is 0 Å². The van der Waals surface area contributed by atoms with Crippen LogP contribution in [-0.4, -0.2) is 62.5 Å². The van der Waals surface area contributed by atoms with Gasteiger partial charge in [0, 0.05) is 6.20 Å². The molecule has 2 heterocycles. The first-order chi connectivity index (χ1) is 9.04. The molecule has 1 aliphatic rings. The Morgan fingerprint density at radius 2 is 1.95 bits per heavy atom. The van der Waals surface area contributed by atoms with Gasteiger partial charge >= 0.3 is 0 Å². The van der Waals surface area contributed by atoms with Crippen LogP contribution in [-0.2, 0) is 4.74 Å². The number of rotatable bonds is 3. The van der Waals surface area contributed by atoms with Crippen LogP contribution in [0.4, 0.5) is 0 Å². The van der Waals surface area contributed by atoms with E-state index in [1.807, 2.05) is 0 Å². The molecule has 0 aromatic carbocycles. The summed E-state index contributed by atoms with van der Waals surface area (Å²) in [7, 11) is 0. The van der Waals surface area contributed by atoms with Crippen LogP contribution in [0.2, 0.25) is 0 Å². The normalized spacial score (nSPS) is 35.1. The number of hydrogen-bond acceptors (Lipinski definition) is 7. The maximum Gasteiger partial charge on any atom is 0.254 e. The highest BCUT2D eigenvalue weighted by Gasteiger charge is 2.45. The fourth-order valence-electron chi connectivity index (χ4n) is 1.77. The summed E-state index contributed by atoms with van der Waals surface area (Å²) >= 11 is 5.01. The van der Waals surface area contributed by atoms with E-state index < -0.39 is 37.3 Å². The predicted molar refractivity (Wildman–Crippen MR) is 65.6 cm³/mol. The number of ether oxygens (including phenoxy) is 1. The average molecular weight is 289 g/mol. The van der Waals surface area contributed by atoms with Gasteiger partial charge in [-0.3, -0.25) is 0 Å². The molecule has 1 fully saturated rings. The lowest BCUT2D eigenvalue weighted by Crippen LogP contribution is -2.61. The number of hydrogen-bond donors (Lipinski definition) is 4. The minimum absolute atomic E-state index is 0.347. The van der Waals surface area contributed by atoms with Gasteiger partial charge in [0.1, 0.15) is 29.1 Å². The third kappa shape index (κ3) is 2.94. The largest absolute Gasteiger partial charge is 0.394 e. The van der Waals surface area contributed by atoms with Gasteiger partial charge in [-0.25, -0.2) is 0 Å². The summed E-state index contributed by atoms with van der Waals surface area (Å²) in [4.78, 5) is 5.31.